The maximum atomic E-state index is 13.5. The van der Waals surface area contributed by atoms with Crippen LogP contribution in [0.15, 0.2) is 48.7 Å². The molecule has 1 amide bonds. The second kappa shape index (κ2) is 6.84. The van der Waals surface area contributed by atoms with Crippen LogP contribution in [0.3, 0.4) is 0 Å². The molecule has 0 unspecified atom stereocenters. The fourth-order valence-corrected chi connectivity index (χ4v) is 2.71. The molecule has 1 aromatic heterocycles. The van der Waals surface area contributed by atoms with Crippen molar-refractivity contribution in [1.82, 2.24) is 9.88 Å². The summed E-state index contributed by atoms with van der Waals surface area (Å²) in [6.45, 7) is 1.71. The third kappa shape index (κ3) is 3.57. The average Bonchev–Trinajstić information content (AvgIpc) is 2.95. The number of rotatable bonds is 4. The lowest BCUT2D eigenvalue weighted by atomic mass is 10.1. The lowest BCUT2D eigenvalue weighted by Gasteiger charge is -2.05. The number of hydrogen-bond donors (Lipinski definition) is 1. The van der Waals surface area contributed by atoms with E-state index in [-0.39, 0.29) is 17.3 Å². The van der Waals surface area contributed by atoms with Crippen molar-refractivity contribution in [3.8, 4) is 0 Å². The van der Waals surface area contributed by atoms with Crippen molar-refractivity contribution in [3.63, 3.8) is 0 Å². The van der Waals surface area contributed by atoms with E-state index in [9.17, 15) is 18.4 Å². The second-order valence-corrected chi connectivity index (χ2v) is 5.73. The Kier molecular flexibility index (Phi) is 4.61. The van der Waals surface area contributed by atoms with E-state index >= 15 is 0 Å². The second-order valence-electron chi connectivity index (χ2n) is 5.73. The summed E-state index contributed by atoms with van der Waals surface area (Å²) in [4.78, 5) is 24.1. The number of nitrogens with zero attached hydrogens (tertiary/aromatic N) is 1. The zero-order valence-electron chi connectivity index (χ0n) is 13.6. The lowest BCUT2D eigenvalue weighted by Crippen LogP contribution is -2.25. The summed E-state index contributed by atoms with van der Waals surface area (Å²) in [5.41, 5.74) is 1.61. The first kappa shape index (κ1) is 16.8. The first-order valence-electron chi connectivity index (χ1n) is 7.80. The molecule has 6 heteroatoms. The number of carbonyl (C=O) groups is 2. The van der Waals surface area contributed by atoms with Gasteiger partial charge < -0.3 is 5.32 Å². The third-order valence-corrected chi connectivity index (χ3v) is 3.96. The van der Waals surface area contributed by atoms with Gasteiger partial charge in [0.15, 0.2) is 0 Å². The predicted octanol–water partition coefficient (Wildman–Crippen LogP) is 3.55. The van der Waals surface area contributed by atoms with Crippen molar-refractivity contribution in [1.29, 1.82) is 0 Å². The number of halogens is 2. The zero-order chi connectivity index (χ0) is 18.0. The molecule has 0 fully saturated rings. The number of carbonyl (C=O) groups excluding carboxylic acids is 2. The molecule has 0 radical (unpaired) electrons. The van der Waals surface area contributed by atoms with Crippen LogP contribution in [0.2, 0.25) is 0 Å². The molecule has 4 nitrogen and oxygen atoms in total. The molecular formula is C19H16F2N2O2. The monoisotopic (exact) mass is 342 g/mol. The third-order valence-electron chi connectivity index (χ3n) is 3.96. The highest BCUT2D eigenvalue weighted by atomic mass is 19.1. The molecule has 0 atom stereocenters. The Morgan fingerprint density at radius 3 is 2.40 bits per heavy atom. The van der Waals surface area contributed by atoms with Crippen molar-refractivity contribution >= 4 is 22.7 Å². The van der Waals surface area contributed by atoms with E-state index < -0.39 is 11.7 Å². The van der Waals surface area contributed by atoms with Gasteiger partial charge in [-0.1, -0.05) is 12.1 Å². The first-order chi connectivity index (χ1) is 12.0. The molecule has 0 bridgehead atoms. The highest BCUT2D eigenvalue weighted by Gasteiger charge is 2.17. The van der Waals surface area contributed by atoms with Gasteiger partial charge in [0.2, 0.25) is 5.91 Å². The Morgan fingerprint density at radius 1 is 1.04 bits per heavy atom. The molecule has 3 aromatic rings. The van der Waals surface area contributed by atoms with E-state index in [0.29, 0.717) is 23.9 Å². The summed E-state index contributed by atoms with van der Waals surface area (Å²) >= 11 is 0. The Bertz CT molecular complexity index is 946. The zero-order valence-corrected chi connectivity index (χ0v) is 13.6. The van der Waals surface area contributed by atoms with Gasteiger partial charge in [-0.25, -0.2) is 8.78 Å². The molecular weight excluding hydrogens is 326 g/mol. The van der Waals surface area contributed by atoms with Crippen LogP contribution in [0, 0.1) is 11.6 Å². The largest absolute Gasteiger partial charge is 0.352 e. The predicted molar refractivity (Wildman–Crippen MR) is 90.6 cm³/mol. The van der Waals surface area contributed by atoms with Gasteiger partial charge in [0, 0.05) is 25.1 Å². The van der Waals surface area contributed by atoms with Crippen LogP contribution in [0.25, 0.3) is 10.9 Å². The van der Waals surface area contributed by atoms with Crippen LogP contribution in [0.1, 0.15) is 27.6 Å². The molecule has 0 aliphatic heterocycles. The average molecular weight is 342 g/mol. The van der Waals surface area contributed by atoms with E-state index in [2.05, 4.69) is 5.32 Å². The van der Waals surface area contributed by atoms with E-state index in [1.54, 1.807) is 12.1 Å². The summed E-state index contributed by atoms with van der Waals surface area (Å²) in [5, 5.41) is 3.13. The van der Waals surface area contributed by atoms with Gasteiger partial charge >= 0.3 is 0 Å². The summed E-state index contributed by atoms with van der Waals surface area (Å²) in [6, 6.07) is 9.99. The van der Waals surface area contributed by atoms with Gasteiger partial charge in [0.05, 0.1) is 11.1 Å². The van der Waals surface area contributed by atoms with E-state index in [4.69, 9.17) is 0 Å². The van der Waals surface area contributed by atoms with Crippen molar-refractivity contribution in [2.24, 2.45) is 0 Å². The van der Waals surface area contributed by atoms with Crippen LogP contribution in [-0.2, 0) is 6.42 Å². The van der Waals surface area contributed by atoms with Gasteiger partial charge in [0.1, 0.15) is 11.6 Å². The molecule has 25 heavy (non-hydrogen) atoms. The number of aromatic nitrogens is 1. The van der Waals surface area contributed by atoms with Crippen LogP contribution in [0.5, 0.6) is 0 Å². The Balaban J connectivity index is 1.78. The summed E-state index contributed by atoms with van der Waals surface area (Å²) in [6.07, 6.45) is 1.95. The van der Waals surface area contributed by atoms with E-state index in [1.807, 2.05) is 0 Å². The van der Waals surface area contributed by atoms with Gasteiger partial charge in [0.25, 0.3) is 5.91 Å². The maximum absolute atomic E-state index is 13.5. The number of amides is 1. The highest BCUT2D eigenvalue weighted by molar-refractivity contribution is 6.09. The van der Waals surface area contributed by atoms with E-state index in [0.717, 1.165) is 5.56 Å². The molecule has 3 rings (SSSR count). The topological polar surface area (TPSA) is 51.1 Å². The van der Waals surface area contributed by atoms with Crippen LogP contribution in [0.4, 0.5) is 8.78 Å². The van der Waals surface area contributed by atoms with E-state index in [1.165, 1.54) is 48.0 Å². The molecule has 0 aliphatic rings. The Hall–Kier alpha value is -3.02. The quantitative estimate of drug-likeness (QED) is 0.788. The fourth-order valence-electron chi connectivity index (χ4n) is 2.71. The van der Waals surface area contributed by atoms with Crippen molar-refractivity contribution < 1.29 is 18.4 Å². The minimum absolute atomic E-state index is 0.240. The number of fused-ring (bicyclic) bond motifs is 1. The molecule has 128 valence electrons. The van der Waals surface area contributed by atoms with Gasteiger partial charge in [-0.05, 0) is 42.3 Å². The van der Waals surface area contributed by atoms with Crippen molar-refractivity contribution in [3.05, 3.63) is 71.4 Å². The summed E-state index contributed by atoms with van der Waals surface area (Å²) in [7, 11) is 0. The van der Waals surface area contributed by atoms with Crippen LogP contribution in [-0.4, -0.2) is 22.9 Å². The number of hydrogen-bond acceptors (Lipinski definition) is 2. The molecule has 0 saturated carbocycles. The number of nitrogens with one attached hydrogen (secondary N) is 1. The Labute approximate surface area is 143 Å². The lowest BCUT2D eigenvalue weighted by molar-refractivity contribution is 0.0941. The molecule has 0 aliphatic carbocycles. The first-order valence-corrected chi connectivity index (χ1v) is 7.80. The standard InChI is InChI=1S/C19H16F2N2O2/c1-12(24)23-11-17(16-10-15(21)6-7-18(16)23)19(25)22-9-8-13-2-4-14(20)5-3-13/h2-7,10-11H,8-9H2,1H3,(H,22,25). The van der Waals surface area contributed by atoms with Crippen molar-refractivity contribution in [2.75, 3.05) is 6.54 Å². The Morgan fingerprint density at radius 2 is 1.72 bits per heavy atom. The minimum Gasteiger partial charge on any atom is -0.352 e. The van der Waals surface area contributed by atoms with Crippen molar-refractivity contribution in [2.45, 2.75) is 13.3 Å². The van der Waals surface area contributed by atoms with Gasteiger partial charge in [-0.3, -0.25) is 14.2 Å². The fraction of sp³-hybridized carbons (Fsp3) is 0.158. The van der Waals surface area contributed by atoms with Gasteiger partial charge in [-0.2, -0.15) is 0 Å². The maximum Gasteiger partial charge on any atom is 0.253 e. The SMILES string of the molecule is CC(=O)n1cc(C(=O)NCCc2ccc(F)cc2)c2cc(F)ccc21. The molecule has 1 heterocycles. The highest BCUT2D eigenvalue weighted by Crippen LogP contribution is 2.22. The molecule has 0 saturated heterocycles. The van der Waals surface area contributed by atoms with Gasteiger partial charge in [-0.15, -0.1) is 0 Å². The minimum atomic E-state index is -0.478. The van der Waals surface area contributed by atoms with Crippen LogP contribution >= 0.6 is 0 Å². The normalized spacial score (nSPS) is 10.8. The summed E-state index contributed by atoms with van der Waals surface area (Å²) < 4.78 is 27.7. The number of benzene rings is 2. The smallest absolute Gasteiger partial charge is 0.253 e. The summed E-state index contributed by atoms with van der Waals surface area (Å²) in [5.74, 6) is -1.44. The molecule has 0 spiro atoms. The van der Waals surface area contributed by atoms with Crippen LogP contribution < -0.4 is 5.32 Å². The molecule has 2 aromatic carbocycles. The molecule has 1 N–H and O–H groups in total.